The molecule has 3 rings (SSSR count). The Morgan fingerprint density at radius 1 is 1.09 bits per heavy atom. The average Bonchev–Trinajstić information content (AvgIpc) is 2.50. The number of aryl methyl sites for hydroxylation is 1. The first-order valence-corrected chi connectivity index (χ1v) is 7.65. The van der Waals surface area contributed by atoms with Crippen LogP contribution in [0.2, 0.25) is 5.02 Å². The maximum atomic E-state index is 5.94. The zero-order valence-electron chi connectivity index (χ0n) is 12.6. The summed E-state index contributed by atoms with van der Waals surface area (Å²) in [6.07, 6.45) is 0. The Bertz CT molecular complexity index is 800. The van der Waals surface area contributed by atoms with Crippen LogP contribution in [-0.4, -0.2) is 6.61 Å². The molecule has 0 fully saturated rings. The first-order chi connectivity index (χ1) is 10.7. The number of halogens is 1. The molecule has 0 saturated carbocycles. The van der Waals surface area contributed by atoms with Gasteiger partial charge in [-0.2, -0.15) is 0 Å². The molecule has 0 aliphatic carbocycles. The largest absolute Gasteiger partial charge is 0.494 e. The minimum Gasteiger partial charge on any atom is -0.494 e. The summed E-state index contributed by atoms with van der Waals surface area (Å²) in [5, 5.41) is 5.27. The van der Waals surface area contributed by atoms with Gasteiger partial charge in [0.15, 0.2) is 5.69 Å². The second kappa shape index (κ2) is 6.24. The Morgan fingerprint density at radius 2 is 1.86 bits per heavy atom. The first-order valence-electron chi connectivity index (χ1n) is 7.28. The smallest absolute Gasteiger partial charge is 0.213 e. The van der Waals surface area contributed by atoms with E-state index in [-0.39, 0.29) is 0 Å². The van der Waals surface area contributed by atoms with Gasteiger partial charge in [-0.25, -0.2) is 4.98 Å². The van der Waals surface area contributed by atoms with Gasteiger partial charge in [0.25, 0.3) is 0 Å². The fraction of sp³-hybridized carbons (Fsp3) is 0.167. The molecule has 0 radical (unpaired) electrons. The van der Waals surface area contributed by atoms with Crippen LogP contribution in [0.3, 0.4) is 0 Å². The van der Waals surface area contributed by atoms with E-state index in [9.17, 15) is 0 Å². The highest BCUT2D eigenvalue weighted by Gasteiger charge is 2.11. The summed E-state index contributed by atoms with van der Waals surface area (Å²) in [7, 11) is 0. The van der Waals surface area contributed by atoms with Crippen molar-refractivity contribution < 1.29 is 9.72 Å². The lowest BCUT2D eigenvalue weighted by molar-refractivity contribution is -0.354. The molecule has 2 N–H and O–H groups in total. The first kappa shape index (κ1) is 14.7. The lowest BCUT2D eigenvalue weighted by Gasteiger charge is -2.10. The predicted molar refractivity (Wildman–Crippen MR) is 91.1 cm³/mol. The second-order valence-corrected chi connectivity index (χ2v) is 5.57. The Balaban J connectivity index is 2.05. The van der Waals surface area contributed by atoms with Crippen LogP contribution >= 0.6 is 11.6 Å². The minimum absolute atomic E-state index is 0.654. The number of anilines is 2. The van der Waals surface area contributed by atoms with Crippen LogP contribution in [0.1, 0.15) is 12.6 Å². The Hall–Kier alpha value is -2.26. The van der Waals surface area contributed by atoms with E-state index in [1.54, 1.807) is 0 Å². The minimum atomic E-state index is 0.654. The van der Waals surface area contributed by atoms with Crippen molar-refractivity contribution in [2.45, 2.75) is 13.8 Å². The number of aromatic nitrogens is 1. The Labute approximate surface area is 134 Å². The van der Waals surface area contributed by atoms with E-state index in [4.69, 9.17) is 16.3 Å². The molecule has 0 atom stereocenters. The van der Waals surface area contributed by atoms with Crippen LogP contribution in [0.15, 0.2) is 48.5 Å². The number of benzene rings is 2. The number of nitrogens with one attached hydrogen (secondary N) is 2. The van der Waals surface area contributed by atoms with Gasteiger partial charge in [-0.05, 0) is 43.3 Å². The van der Waals surface area contributed by atoms with Crippen molar-refractivity contribution in [3.63, 3.8) is 0 Å². The third kappa shape index (κ3) is 3.15. The molecule has 3 aromatic rings. The van der Waals surface area contributed by atoms with Gasteiger partial charge < -0.3 is 10.1 Å². The highest BCUT2D eigenvalue weighted by Crippen LogP contribution is 2.28. The van der Waals surface area contributed by atoms with E-state index in [1.165, 1.54) is 0 Å². The van der Waals surface area contributed by atoms with E-state index >= 15 is 0 Å². The highest BCUT2D eigenvalue weighted by molar-refractivity contribution is 6.30. The molecule has 1 aromatic heterocycles. The summed E-state index contributed by atoms with van der Waals surface area (Å²) in [6, 6.07) is 15.8. The fourth-order valence-electron chi connectivity index (χ4n) is 2.45. The number of hydrogen-bond donors (Lipinski definition) is 1. The maximum Gasteiger partial charge on any atom is 0.213 e. The van der Waals surface area contributed by atoms with Crippen LogP contribution in [0.5, 0.6) is 5.75 Å². The van der Waals surface area contributed by atoms with Crippen molar-refractivity contribution in [3.8, 4) is 5.75 Å². The lowest BCUT2D eigenvalue weighted by Crippen LogP contribution is -2.10. The summed E-state index contributed by atoms with van der Waals surface area (Å²) in [5.41, 5.74) is 4.20. The number of H-pyrrole nitrogens is 1. The topological polar surface area (TPSA) is 35.4 Å². The molecule has 22 heavy (non-hydrogen) atoms. The molecule has 0 unspecified atom stereocenters. The summed E-state index contributed by atoms with van der Waals surface area (Å²) in [5.74, 6) is 0.867. The molecule has 0 saturated heterocycles. The van der Waals surface area contributed by atoms with E-state index in [0.29, 0.717) is 6.61 Å². The van der Waals surface area contributed by atoms with Crippen molar-refractivity contribution >= 4 is 33.9 Å². The molecule has 0 bridgehead atoms. The van der Waals surface area contributed by atoms with Crippen LogP contribution in [0, 0.1) is 6.92 Å². The monoisotopic (exact) mass is 313 g/mol. The number of rotatable bonds is 4. The van der Waals surface area contributed by atoms with E-state index in [1.807, 2.05) is 56.3 Å². The molecule has 0 aliphatic heterocycles. The summed E-state index contributed by atoms with van der Waals surface area (Å²) in [6.45, 7) is 4.68. The molecule has 3 nitrogen and oxygen atoms in total. The standard InChI is InChI=1S/C18H17ClN2O/c1-3-22-15-8-9-17-16(11-15)18(10-12(2)20-17)21-14-6-4-13(19)5-7-14/h4-11H,3H2,1-2H3,(H,20,21)/p+1. The quantitative estimate of drug-likeness (QED) is 0.754. The van der Waals surface area contributed by atoms with Gasteiger partial charge in [-0.1, -0.05) is 11.6 Å². The van der Waals surface area contributed by atoms with Crippen molar-refractivity contribution in [2.75, 3.05) is 11.9 Å². The van der Waals surface area contributed by atoms with E-state index in [2.05, 4.69) is 16.4 Å². The number of fused-ring (bicyclic) bond motifs is 1. The zero-order valence-corrected chi connectivity index (χ0v) is 13.4. The van der Waals surface area contributed by atoms with Gasteiger partial charge in [0.1, 0.15) is 5.75 Å². The molecule has 112 valence electrons. The molecular weight excluding hydrogens is 296 g/mol. The second-order valence-electron chi connectivity index (χ2n) is 5.14. The van der Waals surface area contributed by atoms with Crippen molar-refractivity contribution in [1.82, 2.24) is 0 Å². The van der Waals surface area contributed by atoms with Crippen LogP contribution in [0.25, 0.3) is 10.9 Å². The Kier molecular flexibility index (Phi) is 4.16. The zero-order chi connectivity index (χ0) is 15.5. The van der Waals surface area contributed by atoms with Gasteiger partial charge in [-0.3, -0.25) is 0 Å². The van der Waals surface area contributed by atoms with E-state index < -0.39 is 0 Å². The number of pyridine rings is 1. The van der Waals surface area contributed by atoms with Crippen molar-refractivity contribution in [1.29, 1.82) is 0 Å². The average molecular weight is 314 g/mol. The number of hydrogen-bond acceptors (Lipinski definition) is 2. The SMILES string of the molecule is CCOc1ccc2[nH+]c(C)cc(Nc3ccc(Cl)cc3)c2c1. The molecule has 0 spiro atoms. The van der Waals surface area contributed by atoms with Gasteiger partial charge in [0, 0.05) is 29.8 Å². The summed E-state index contributed by atoms with van der Waals surface area (Å²) in [4.78, 5) is 3.38. The number of ether oxygens (including phenoxy) is 1. The van der Waals surface area contributed by atoms with E-state index in [0.717, 1.165) is 38.7 Å². The molecular formula is C18H18ClN2O+. The lowest BCUT2D eigenvalue weighted by atomic mass is 10.1. The van der Waals surface area contributed by atoms with Gasteiger partial charge in [0.2, 0.25) is 5.52 Å². The summed E-state index contributed by atoms with van der Waals surface area (Å²) >= 11 is 5.94. The number of aromatic amines is 1. The maximum absolute atomic E-state index is 5.94. The molecule has 4 heteroatoms. The van der Waals surface area contributed by atoms with Crippen LogP contribution < -0.4 is 15.0 Å². The Morgan fingerprint density at radius 3 is 2.59 bits per heavy atom. The van der Waals surface area contributed by atoms with Gasteiger partial charge in [0.05, 0.1) is 17.7 Å². The van der Waals surface area contributed by atoms with Gasteiger partial charge in [-0.15, -0.1) is 0 Å². The predicted octanol–water partition coefficient (Wildman–Crippen LogP) is 4.76. The fourth-order valence-corrected chi connectivity index (χ4v) is 2.57. The third-order valence-electron chi connectivity index (χ3n) is 3.41. The molecule has 0 amide bonds. The van der Waals surface area contributed by atoms with Crippen molar-refractivity contribution in [2.24, 2.45) is 0 Å². The molecule has 1 heterocycles. The van der Waals surface area contributed by atoms with Crippen LogP contribution in [0.4, 0.5) is 11.4 Å². The summed E-state index contributed by atoms with van der Waals surface area (Å²) < 4.78 is 5.61. The molecule has 2 aromatic carbocycles. The molecule has 0 aliphatic rings. The highest BCUT2D eigenvalue weighted by atomic mass is 35.5. The normalized spacial score (nSPS) is 10.7. The van der Waals surface area contributed by atoms with Gasteiger partial charge >= 0.3 is 0 Å². The third-order valence-corrected chi connectivity index (χ3v) is 3.66. The van der Waals surface area contributed by atoms with Crippen LogP contribution in [-0.2, 0) is 0 Å². The van der Waals surface area contributed by atoms with Crippen molar-refractivity contribution in [3.05, 3.63) is 59.2 Å².